The number of hydrogen-bond donors (Lipinski definition) is 1. The summed E-state index contributed by atoms with van der Waals surface area (Å²) in [6, 6.07) is 3.22. The molecular weight excluding hydrogens is 270 g/mol. The lowest BCUT2D eigenvalue weighted by Crippen LogP contribution is -2.44. The smallest absolute Gasteiger partial charge is 0.321 e. The Morgan fingerprint density at radius 1 is 1.15 bits per heavy atom. The molecule has 0 bridgehead atoms. The van der Waals surface area contributed by atoms with Gasteiger partial charge in [0.2, 0.25) is 0 Å². The number of nitrogens with two attached hydrogens (primary N) is 1. The minimum absolute atomic E-state index is 0.0350. The molecule has 0 spiro atoms. The van der Waals surface area contributed by atoms with E-state index in [9.17, 15) is 17.6 Å². The lowest BCUT2D eigenvalue weighted by Gasteiger charge is -2.39. The molecule has 1 aliphatic carbocycles. The van der Waals surface area contributed by atoms with E-state index >= 15 is 0 Å². The molecule has 112 valence electrons. The van der Waals surface area contributed by atoms with Crippen LogP contribution in [0.15, 0.2) is 12.1 Å². The highest BCUT2D eigenvalue weighted by Gasteiger charge is 2.46. The Morgan fingerprint density at radius 2 is 1.70 bits per heavy atom. The molecule has 0 aromatic heterocycles. The zero-order valence-corrected chi connectivity index (χ0v) is 11.6. The first kappa shape index (κ1) is 15.3. The van der Waals surface area contributed by atoms with Gasteiger partial charge < -0.3 is 5.73 Å². The summed E-state index contributed by atoms with van der Waals surface area (Å²) in [5.41, 5.74) is 7.13. The summed E-state index contributed by atoms with van der Waals surface area (Å²) in [7, 11) is 0. The summed E-state index contributed by atoms with van der Waals surface area (Å²) < 4.78 is 52.2. The Bertz CT molecular complexity index is 476. The van der Waals surface area contributed by atoms with E-state index in [1.54, 1.807) is 13.8 Å². The van der Waals surface area contributed by atoms with Crippen molar-refractivity contribution in [3.05, 3.63) is 34.6 Å². The molecular formula is C15H19F4N. The van der Waals surface area contributed by atoms with Crippen LogP contribution in [-0.2, 0) is 5.54 Å². The molecule has 0 unspecified atom stereocenters. The highest BCUT2D eigenvalue weighted by molar-refractivity contribution is 5.37. The quantitative estimate of drug-likeness (QED) is 0.764. The van der Waals surface area contributed by atoms with Crippen LogP contribution in [0.4, 0.5) is 17.6 Å². The van der Waals surface area contributed by atoms with Gasteiger partial charge >= 0.3 is 6.18 Å². The second-order valence-electron chi connectivity index (χ2n) is 5.91. The fourth-order valence-corrected chi connectivity index (χ4v) is 3.26. The molecule has 2 rings (SSSR count). The summed E-state index contributed by atoms with van der Waals surface area (Å²) in [4.78, 5) is 0. The summed E-state index contributed by atoms with van der Waals surface area (Å²) in [5.74, 6) is -1.72. The van der Waals surface area contributed by atoms with E-state index in [0.717, 1.165) is 11.1 Å². The molecule has 20 heavy (non-hydrogen) atoms. The van der Waals surface area contributed by atoms with E-state index in [4.69, 9.17) is 5.73 Å². The van der Waals surface area contributed by atoms with E-state index in [1.807, 2.05) is 6.07 Å². The van der Waals surface area contributed by atoms with Crippen molar-refractivity contribution in [2.45, 2.75) is 51.2 Å². The van der Waals surface area contributed by atoms with Gasteiger partial charge in [0.15, 0.2) is 0 Å². The molecule has 1 aromatic rings. The topological polar surface area (TPSA) is 26.0 Å². The summed E-state index contributed by atoms with van der Waals surface area (Å²) >= 11 is 0. The molecule has 0 aliphatic heterocycles. The zero-order chi connectivity index (χ0) is 15.1. The van der Waals surface area contributed by atoms with Gasteiger partial charge in [-0.2, -0.15) is 13.2 Å². The van der Waals surface area contributed by atoms with Crippen molar-refractivity contribution in [3.63, 3.8) is 0 Å². The lowest BCUT2D eigenvalue weighted by atomic mass is 9.71. The van der Waals surface area contributed by atoms with E-state index in [0.29, 0.717) is 5.56 Å². The van der Waals surface area contributed by atoms with Crippen LogP contribution in [0.2, 0.25) is 0 Å². The Labute approximate surface area is 116 Å². The molecule has 0 radical (unpaired) electrons. The third-order valence-corrected chi connectivity index (χ3v) is 4.27. The zero-order valence-electron chi connectivity index (χ0n) is 11.6. The van der Waals surface area contributed by atoms with Crippen LogP contribution in [0.5, 0.6) is 0 Å². The van der Waals surface area contributed by atoms with Crippen LogP contribution in [0, 0.1) is 25.6 Å². The first-order valence-corrected chi connectivity index (χ1v) is 6.76. The van der Waals surface area contributed by atoms with E-state index < -0.39 is 23.5 Å². The number of alkyl halides is 3. The first-order valence-electron chi connectivity index (χ1n) is 6.76. The highest BCUT2D eigenvalue weighted by Crippen LogP contribution is 2.45. The predicted molar refractivity (Wildman–Crippen MR) is 69.8 cm³/mol. The summed E-state index contributed by atoms with van der Waals surface area (Å²) in [5, 5.41) is 0. The van der Waals surface area contributed by atoms with Crippen LogP contribution in [0.1, 0.15) is 42.4 Å². The van der Waals surface area contributed by atoms with Crippen LogP contribution in [-0.4, -0.2) is 6.18 Å². The fourth-order valence-electron chi connectivity index (χ4n) is 3.26. The molecule has 2 N–H and O–H groups in total. The average molecular weight is 289 g/mol. The Morgan fingerprint density at radius 3 is 2.15 bits per heavy atom. The largest absolute Gasteiger partial charge is 0.391 e. The molecule has 0 saturated heterocycles. The van der Waals surface area contributed by atoms with E-state index in [1.165, 1.54) is 6.07 Å². The van der Waals surface area contributed by atoms with Gasteiger partial charge in [0.25, 0.3) is 0 Å². The molecule has 1 nitrogen and oxygen atoms in total. The van der Waals surface area contributed by atoms with Gasteiger partial charge in [-0.25, -0.2) is 4.39 Å². The predicted octanol–water partition coefficient (Wildman–Crippen LogP) is 4.35. The summed E-state index contributed by atoms with van der Waals surface area (Å²) in [6.45, 7) is 3.54. The van der Waals surface area contributed by atoms with Crippen molar-refractivity contribution in [2.24, 2.45) is 11.7 Å². The fraction of sp³-hybridized carbons (Fsp3) is 0.600. The maximum Gasteiger partial charge on any atom is 0.391 e. The van der Waals surface area contributed by atoms with E-state index in [-0.39, 0.29) is 25.7 Å². The Balaban J connectivity index is 2.27. The number of halogens is 4. The molecule has 0 amide bonds. The molecule has 5 heteroatoms. The molecule has 1 aliphatic rings. The Hall–Kier alpha value is -1.10. The van der Waals surface area contributed by atoms with Gasteiger partial charge in [-0.1, -0.05) is 6.07 Å². The van der Waals surface area contributed by atoms with Gasteiger partial charge in [-0.3, -0.25) is 0 Å². The Kier molecular flexibility index (Phi) is 3.84. The van der Waals surface area contributed by atoms with Gasteiger partial charge in [-0.15, -0.1) is 0 Å². The van der Waals surface area contributed by atoms with Gasteiger partial charge in [0, 0.05) is 11.1 Å². The van der Waals surface area contributed by atoms with Crippen molar-refractivity contribution in [1.82, 2.24) is 0 Å². The van der Waals surface area contributed by atoms with Crippen molar-refractivity contribution in [2.75, 3.05) is 0 Å². The van der Waals surface area contributed by atoms with Crippen molar-refractivity contribution < 1.29 is 17.6 Å². The maximum absolute atomic E-state index is 14.2. The van der Waals surface area contributed by atoms with Crippen molar-refractivity contribution >= 4 is 0 Å². The first-order chi connectivity index (χ1) is 9.13. The normalized spacial score (nSPS) is 27.6. The van der Waals surface area contributed by atoms with Crippen LogP contribution in [0.25, 0.3) is 0 Å². The third-order valence-electron chi connectivity index (χ3n) is 4.27. The minimum Gasteiger partial charge on any atom is -0.321 e. The highest BCUT2D eigenvalue weighted by atomic mass is 19.4. The standard InChI is InChI=1S/C15H19F4N/c1-9-7-10(2)13(12(16)8-9)14(20)5-3-11(4-6-14)15(17,18)19/h7-8,11H,3-6,20H2,1-2H3. The lowest BCUT2D eigenvalue weighted by molar-refractivity contribution is -0.184. The van der Waals surface area contributed by atoms with E-state index in [2.05, 4.69) is 0 Å². The molecule has 0 heterocycles. The van der Waals surface area contributed by atoms with Gasteiger partial charge in [0.1, 0.15) is 5.82 Å². The minimum atomic E-state index is -4.18. The SMILES string of the molecule is Cc1cc(C)c(C2(N)CCC(C(F)(F)F)CC2)c(F)c1. The van der Waals surface area contributed by atoms with Gasteiger partial charge in [-0.05, 0) is 56.7 Å². The third kappa shape index (κ3) is 2.82. The second-order valence-corrected chi connectivity index (χ2v) is 5.91. The van der Waals surface area contributed by atoms with Crippen LogP contribution < -0.4 is 5.73 Å². The molecule has 1 saturated carbocycles. The van der Waals surface area contributed by atoms with Crippen LogP contribution >= 0.6 is 0 Å². The number of rotatable bonds is 1. The second kappa shape index (κ2) is 5.02. The summed E-state index contributed by atoms with van der Waals surface area (Å²) in [6.07, 6.45) is -3.92. The average Bonchev–Trinajstić information content (AvgIpc) is 2.26. The molecule has 0 atom stereocenters. The maximum atomic E-state index is 14.2. The monoisotopic (exact) mass is 289 g/mol. The molecule has 1 aromatic carbocycles. The van der Waals surface area contributed by atoms with Gasteiger partial charge in [0.05, 0.1) is 5.92 Å². The van der Waals surface area contributed by atoms with Crippen LogP contribution in [0.3, 0.4) is 0 Å². The van der Waals surface area contributed by atoms with Crippen molar-refractivity contribution in [3.8, 4) is 0 Å². The molecule has 1 fully saturated rings. The van der Waals surface area contributed by atoms with Crippen molar-refractivity contribution in [1.29, 1.82) is 0 Å². The number of hydrogen-bond acceptors (Lipinski definition) is 1. The number of aryl methyl sites for hydroxylation is 2. The number of benzene rings is 1.